The summed E-state index contributed by atoms with van der Waals surface area (Å²) in [7, 11) is 0. The van der Waals surface area contributed by atoms with Gasteiger partial charge in [-0.15, -0.1) is 11.8 Å². The Morgan fingerprint density at radius 2 is 1.95 bits per heavy atom. The van der Waals surface area contributed by atoms with Gasteiger partial charge in [-0.25, -0.2) is 14.0 Å². The summed E-state index contributed by atoms with van der Waals surface area (Å²) in [4.78, 5) is 0.554. The highest BCUT2D eigenvalue weighted by atomic mass is 32.2. The third-order valence-electron chi connectivity index (χ3n) is 3.01. The van der Waals surface area contributed by atoms with Crippen molar-refractivity contribution in [2.75, 3.05) is 12.0 Å². The molecular formula is C14H15F2N2O2S+. The monoisotopic (exact) mass is 313 g/mol. The molecule has 2 aromatic rings. The molecule has 0 heterocycles. The van der Waals surface area contributed by atoms with Gasteiger partial charge in [0.1, 0.15) is 11.6 Å². The van der Waals surface area contributed by atoms with Crippen LogP contribution in [0.2, 0.25) is 0 Å². The molecular weight excluding hydrogens is 298 g/mol. The van der Waals surface area contributed by atoms with Gasteiger partial charge in [0.15, 0.2) is 17.3 Å². The maximum Gasteiger partial charge on any atom is 0.177 e. The highest BCUT2D eigenvalue weighted by Crippen LogP contribution is 2.39. The first kappa shape index (κ1) is 15.6. The van der Waals surface area contributed by atoms with Crippen molar-refractivity contribution in [3.05, 3.63) is 41.5 Å². The summed E-state index contributed by atoms with van der Waals surface area (Å²) in [6.07, 6.45) is 1.77. The lowest BCUT2D eigenvalue weighted by Gasteiger charge is -2.14. The predicted molar refractivity (Wildman–Crippen MR) is 77.2 cm³/mol. The molecule has 21 heavy (non-hydrogen) atoms. The number of anilines is 1. The number of nitrogen functional groups attached to an aromatic ring is 1. The molecule has 0 aliphatic heterocycles. The van der Waals surface area contributed by atoms with E-state index in [-0.39, 0.29) is 17.2 Å². The molecule has 2 aromatic carbocycles. The van der Waals surface area contributed by atoms with Crippen LogP contribution >= 0.6 is 11.8 Å². The zero-order valence-electron chi connectivity index (χ0n) is 11.5. The van der Waals surface area contributed by atoms with Crippen molar-refractivity contribution < 1.29 is 24.2 Å². The Kier molecular flexibility index (Phi) is 4.66. The summed E-state index contributed by atoms with van der Waals surface area (Å²) in [5.41, 5.74) is 7.31. The van der Waals surface area contributed by atoms with Crippen LogP contribution in [0.15, 0.2) is 29.2 Å². The van der Waals surface area contributed by atoms with E-state index in [4.69, 9.17) is 15.7 Å². The van der Waals surface area contributed by atoms with Crippen molar-refractivity contribution >= 4 is 23.1 Å². The van der Waals surface area contributed by atoms with Crippen molar-refractivity contribution in [3.8, 4) is 11.5 Å². The zero-order valence-corrected chi connectivity index (χ0v) is 12.3. The van der Waals surface area contributed by atoms with E-state index in [1.165, 1.54) is 30.0 Å². The Morgan fingerprint density at radius 1 is 1.24 bits per heavy atom. The molecule has 7 heteroatoms. The van der Waals surface area contributed by atoms with Crippen LogP contribution in [0.4, 0.5) is 20.2 Å². The van der Waals surface area contributed by atoms with Crippen LogP contribution in [0.1, 0.15) is 5.56 Å². The lowest BCUT2D eigenvalue weighted by Crippen LogP contribution is -2.74. The lowest BCUT2D eigenvalue weighted by atomic mass is 10.2. The predicted octanol–water partition coefficient (Wildman–Crippen LogP) is 2.95. The SMILES string of the molecule is CSc1c(C)c([NH2+]O)cc(F)c1Oc1ccc(F)c(N)c1. The molecule has 0 amide bonds. The van der Waals surface area contributed by atoms with Crippen molar-refractivity contribution in [1.29, 1.82) is 0 Å². The molecule has 0 radical (unpaired) electrons. The van der Waals surface area contributed by atoms with Gasteiger partial charge >= 0.3 is 0 Å². The van der Waals surface area contributed by atoms with E-state index >= 15 is 0 Å². The van der Waals surface area contributed by atoms with Crippen molar-refractivity contribution in [2.24, 2.45) is 0 Å². The number of benzene rings is 2. The molecule has 0 saturated carbocycles. The Labute approximate surface area is 124 Å². The molecule has 0 spiro atoms. The number of rotatable bonds is 4. The largest absolute Gasteiger partial charge is 0.453 e. The van der Waals surface area contributed by atoms with Crippen molar-refractivity contribution in [2.45, 2.75) is 11.8 Å². The second-order valence-corrected chi connectivity index (χ2v) is 5.17. The number of nitrogens with two attached hydrogens (primary N) is 2. The van der Waals surface area contributed by atoms with Crippen molar-refractivity contribution in [1.82, 2.24) is 0 Å². The number of hydrogen-bond acceptors (Lipinski definition) is 4. The molecule has 0 saturated heterocycles. The molecule has 0 aromatic heterocycles. The van der Waals surface area contributed by atoms with Crippen LogP contribution in [0.3, 0.4) is 0 Å². The normalized spacial score (nSPS) is 10.7. The minimum absolute atomic E-state index is 0.0246. The number of ether oxygens (including phenoxy) is 1. The van der Waals surface area contributed by atoms with Crippen LogP contribution in [0.25, 0.3) is 0 Å². The minimum atomic E-state index is -0.617. The summed E-state index contributed by atoms with van der Waals surface area (Å²) < 4.78 is 32.8. The molecule has 0 bridgehead atoms. The van der Waals surface area contributed by atoms with E-state index in [2.05, 4.69) is 0 Å². The third kappa shape index (κ3) is 3.10. The van der Waals surface area contributed by atoms with Crippen LogP contribution in [0, 0.1) is 18.6 Å². The van der Waals surface area contributed by atoms with Gasteiger partial charge in [0.2, 0.25) is 0 Å². The second-order valence-electron chi connectivity index (χ2n) is 4.35. The van der Waals surface area contributed by atoms with Gasteiger partial charge in [0.05, 0.1) is 10.6 Å². The Morgan fingerprint density at radius 3 is 2.52 bits per heavy atom. The Bertz CT molecular complexity index is 681. The molecule has 0 aliphatic carbocycles. The summed E-state index contributed by atoms with van der Waals surface area (Å²) in [5.74, 6) is -0.915. The van der Waals surface area contributed by atoms with Gasteiger partial charge in [0, 0.05) is 17.7 Å². The molecule has 5 N–H and O–H groups in total. The molecule has 4 nitrogen and oxygen atoms in total. The van der Waals surface area contributed by atoms with E-state index in [1.54, 1.807) is 13.2 Å². The van der Waals surface area contributed by atoms with E-state index in [0.29, 0.717) is 16.1 Å². The minimum Gasteiger partial charge on any atom is -0.453 e. The van der Waals surface area contributed by atoms with Crippen LogP contribution in [-0.4, -0.2) is 11.5 Å². The first-order valence-electron chi connectivity index (χ1n) is 6.05. The second kappa shape index (κ2) is 6.30. The fourth-order valence-corrected chi connectivity index (χ4v) is 2.65. The summed E-state index contributed by atoms with van der Waals surface area (Å²) in [5, 5.41) is 9.11. The number of quaternary nitrogens is 1. The molecule has 0 aliphatic rings. The van der Waals surface area contributed by atoms with E-state index in [1.807, 2.05) is 0 Å². The maximum atomic E-state index is 14.2. The van der Waals surface area contributed by atoms with E-state index in [9.17, 15) is 8.78 Å². The fourth-order valence-electron chi connectivity index (χ4n) is 1.90. The Hall–Kier alpha value is -1.83. The van der Waals surface area contributed by atoms with Crippen LogP contribution in [-0.2, 0) is 0 Å². The van der Waals surface area contributed by atoms with E-state index in [0.717, 1.165) is 11.5 Å². The third-order valence-corrected chi connectivity index (χ3v) is 3.91. The summed E-state index contributed by atoms with van der Waals surface area (Å²) >= 11 is 1.29. The van der Waals surface area contributed by atoms with Gasteiger partial charge in [-0.1, -0.05) is 0 Å². The average molecular weight is 313 g/mol. The fraction of sp³-hybridized carbons (Fsp3) is 0.143. The van der Waals surface area contributed by atoms with Gasteiger partial charge in [-0.2, -0.15) is 5.48 Å². The quantitative estimate of drug-likeness (QED) is 0.461. The van der Waals surface area contributed by atoms with E-state index < -0.39 is 11.6 Å². The maximum absolute atomic E-state index is 14.2. The number of hydrogen-bond donors (Lipinski definition) is 3. The molecule has 0 atom stereocenters. The summed E-state index contributed by atoms with van der Waals surface area (Å²) in [6.45, 7) is 1.75. The molecule has 2 rings (SSSR count). The van der Waals surface area contributed by atoms with Crippen molar-refractivity contribution in [3.63, 3.8) is 0 Å². The van der Waals surface area contributed by atoms with Crippen LogP contribution in [0.5, 0.6) is 11.5 Å². The molecule has 112 valence electrons. The van der Waals surface area contributed by atoms with Gasteiger partial charge < -0.3 is 10.5 Å². The van der Waals surface area contributed by atoms with Gasteiger partial charge in [-0.3, -0.25) is 0 Å². The first-order valence-corrected chi connectivity index (χ1v) is 7.27. The van der Waals surface area contributed by atoms with Crippen LogP contribution < -0.4 is 16.0 Å². The molecule has 0 unspecified atom stereocenters. The first-order chi connectivity index (χ1) is 9.97. The molecule has 0 fully saturated rings. The van der Waals surface area contributed by atoms with Gasteiger partial charge in [-0.05, 0) is 25.3 Å². The summed E-state index contributed by atoms with van der Waals surface area (Å²) in [6, 6.07) is 5.00. The Balaban J connectivity index is 2.48. The zero-order chi connectivity index (χ0) is 15.6. The highest BCUT2D eigenvalue weighted by molar-refractivity contribution is 7.98. The van der Waals surface area contributed by atoms with Gasteiger partial charge in [0.25, 0.3) is 0 Å². The number of halogens is 2. The number of thioether (sulfide) groups is 1. The lowest BCUT2D eigenvalue weighted by molar-refractivity contribution is -0.826. The highest BCUT2D eigenvalue weighted by Gasteiger charge is 2.19. The topological polar surface area (TPSA) is 72.1 Å². The standard InChI is InChI=1S/C14H14F2N2O2S/c1-7-12(18-19)6-10(16)13(14(7)21-2)20-8-3-4-9(15)11(17)5-8/h3-6,18-19H,17H2,1-2H3/p+1. The average Bonchev–Trinajstić information content (AvgIpc) is 2.46. The smallest absolute Gasteiger partial charge is 0.177 e.